The van der Waals surface area contributed by atoms with Crippen LogP contribution in [0.5, 0.6) is 11.5 Å². The molecule has 0 saturated heterocycles. The third kappa shape index (κ3) is 5.86. The van der Waals surface area contributed by atoms with Crippen molar-refractivity contribution in [3.05, 3.63) is 71.3 Å². The van der Waals surface area contributed by atoms with Crippen molar-refractivity contribution in [2.45, 2.75) is 29.6 Å². The summed E-state index contributed by atoms with van der Waals surface area (Å²) in [6.07, 6.45) is 9.60. The number of ether oxygens (including phenoxy) is 2. The fourth-order valence-electron chi connectivity index (χ4n) is 3.77. The van der Waals surface area contributed by atoms with Crippen LogP contribution < -0.4 is 9.47 Å². The van der Waals surface area contributed by atoms with Crippen LogP contribution in [0.25, 0.3) is 0 Å². The molecule has 3 heterocycles. The van der Waals surface area contributed by atoms with E-state index in [1.54, 1.807) is 21.8 Å². The van der Waals surface area contributed by atoms with Crippen LogP contribution in [0.15, 0.2) is 69.0 Å². The molecule has 0 spiro atoms. The number of fused-ring (bicyclic) bond motifs is 4. The summed E-state index contributed by atoms with van der Waals surface area (Å²) >= 11 is 3.00. The van der Waals surface area contributed by atoms with Crippen LogP contribution in [0.3, 0.4) is 0 Å². The van der Waals surface area contributed by atoms with E-state index >= 15 is 0 Å². The predicted molar refractivity (Wildman–Crippen MR) is 145 cm³/mol. The molecule has 0 N–H and O–H groups in total. The molecule has 4 aromatic rings. The molecule has 1 aliphatic rings. The molecule has 5 rings (SSSR count). The highest BCUT2D eigenvalue weighted by atomic mass is 32.2. The monoisotopic (exact) mass is 534 g/mol. The lowest BCUT2D eigenvalue weighted by Gasteiger charge is -2.11. The second-order valence-corrected chi connectivity index (χ2v) is 9.49. The van der Waals surface area contributed by atoms with Crippen molar-refractivity contribution in [2.75, 3.05) is 25.7 Å². The van der Waals surface area contributed by atoms with Crippen molar-refractivity contribution in [3.63, 3.8) is 0 Å². The van der Waals surface area contributed by atoms with Crippen molar-refractivity contribution in [3.8, 4) is 11.5 Å². The van der Waals surface area contributed by atoms with Crippen molar-refractivity contribution < 1.29 is 9.47 Å². The Bertz CT molecular complexity index is 1310. The molecule has 0 fully saturated rings. The van der Waals surface area contributed by atoms with Gasteiger partial charge in [0.25, 0.3) is 0 Å². The summed E-state index contributed by atoms with van der Waals surface area (Å²) < 4.78 is 15.6. The number of para-hydroxylation sites is 2. The van der Waals surface area contributed by atoms with Crippen LogP contribution in [0.2, 0.25) is 0 Å². The summed E-state index contributed by atoms with van der Waals surface area (Å²) in [5.41, 5.74) is 1.72. The Morgan fingerprint density at radius 2 is 1.11 bits per heavy atom. The summed E-state index contributed by atoms with van der Waals surface area (Å²) in [7, 11) is 0. The Kier molecular flexibility index (Phi) is 8.16. The smallest absolute Gasteiger partial charge is 0.211 e. The Balaban J connectivity index is 1.50. The van der Waals surface area contributed by atoms with Gasteiger partial charge in [0.05, 0.1) is 12.4 Å². The first-order valence-electron chi connectivity index (χ1n) is 11.8. The Morgan fingerprint density at radius 3 is 1.57 bits per heavy atom. The van der Waals surface area contributed by atoms with Gasteiger partial charge in [0.1, 0.15) is 24.7 Å². The molecule has 0 bridgehead atoms. The number of thioether (sulfide) groups is 2. The van der Waals surface area contributed by atoms with Gasteiger partial charge < -0.3 is 9.47 Å². The lowest BCUT2D eigenvalue weighted by Crippen LogP contribution is -2.11. The van der Waals surface area contributed by atoms with Gasteiger partial charge in [0, 0.05) is 24.0 Å². The second-order valence-electron chi connectivity index (χ2n) is 7.94. The van der Waals surface area contributed by atoms with E-state index in [-0.39, 0.29) is 0 Å². The van der Waals surface area contributed by atoms with Crippen molar-refractivity contribution in [1.29, 1.82) is 0 Å². The maximum atomic E-state index is 6.04. The van der Waals surface area contributed by atoms with Gasteiger partial charge in [-0.25, -0.2) is 0 Å². The Hall–Kier alpha value is -3.64. The molecule has 10 nitrogen and oxygen atoms in total. The van der Waals surface area contributed by atoms with Crippen LogP contribution >= 0.6 is 23.5 Å². The first-order chi connectivity index (χ1) is 18.3. The molecule has 0 radical (unpaired) electrons. The average molecular weight is 535 g/mol. The summed E-state index contributed by atoms with van der Waals surface area (Å²) in [5, 5.41) is 28.2. The minimum Gasteiger partial charge on any atom is -0.489 e. The summed E-state index contributed by atoms with van der Waals surface area (Å²) in [4.78, 5) is 0. The number of rotatable bonds is 2. The van der Waals surface area contributed by atoms with Gasteiger partial charge in [0.2, 0.25) is 10.3 Å². The molecule has 2 aromatic heterocycles. The van der Waals surface area contributed by atoms with E-state index in [1.165, 1.54) is 23.5 Å². The molecule has 0 saturated carbocycles. The predicted octanol–water partition coefficient (Wildman–Crippen LogP) is 4.02. The zero-order valence-electron chi connectivity index (χ0n) is 20.5. The van der Waals surface area contributed by atoms with E-state index in [4.69, 9.17) is 19.7 Å². The van der Waals surface area contributed by atoms with Crippen LogP contribution in [0, 0.1) is 0 Å². The van der Waals surface area contributed by atoms with E-state index in [1.807, 2.05) is 61.0 Å². The summed E-state index contributed by atoms with van der Waals surface area (Å²) in [6, 6.07) is 15.6. The third-order valence-corrected chi connectivity index (χ3v) is 6.82. The molecule has 2 aromatic carbocycles. The average Bonchev–Trinajstić information content (AvgIpc) is 3.52. The molecule has 1 aliphatic heterocycles. The van der Waals surface area contributed by atoms with Gasteiger partial charge in [-0.05, 0) is 43.2 Å². The summed E-state index contributed by atoms with van der Waals surface area (Å²) in [5.74, 6) is 3.01. The van der Waals surface area contributed by atoms with Gasteiger partial charge in [-0.3, -0.25) is 0 Å². The van der Waals surface area contributed by atoms with E-state index < -0.39 is 0 Å². The number of aromatic nitrogens is 6. The van der Waals surface area contributed by atoms with Gasteiger partial charge >= 0.3 is 0 Å². The lowest BCUT2D eigenvalue weighted by molar-refractivity contribution is 0.217. The maximum absolute atomic E-state index is 6.04. The molecule has 190 valence electrons. The number of benzene rings is 2. The SMILES string of the molecule is CSc1nnc2n1/N=C\c1ccccc1OCCOc1ccccc1/C=N\n1c(nnc1SC)CCC2. The molecule has 0 unspecified atom stereocenters. The quantitative estimate of drug-likeness (QED) is 0.355. The number of hydrogen-bond donors (Lipinski definition) is 0. The summed E-state index contributed by atoms with van der Waals surface area (Å²) in [6.45, 7) is 0.743. The topological polar surface area (TPSA) is 105 Å². The number of nitrogens with zero attached hydrogens (tertiary/aromatic N) is 8. The number of hydrogen-bond acceptors (Lipinski definition) is 10. The Morgan fingerprint density at radius 1 is 0.649 bits per heavy atom. The van der Waals surface area contributed by atoms with Crippen LogP contribution in [0.4, 0.5) is 0 Å². The molecular formula is C25H26N8O2S2. The van der Waals surface area contributed by atoms with Gasteiger partial charge in [0.15, 0.2) is 11.6 Å². The second kappa shape index (κ2) is 12.1. The zero-order chi connectivity index (χ0) is 25.5. The highest BCUT2D eigenvalue weighted by Gasteiger charge is 2.15. The van der Waals surface area contributed by atoms with Crippen molar-refractivity contribution in [1.82, 2.24) is 29.7 Å². The molecule has 12 heteroatoms. The third-order valence-electron chi connectivity index (χ3n) is 5.58. The highest BCUT2D eigenvalue weighted by Crippen LogP contribution is 2.21. The van der Waals surface area contributed by atoms with Crippen LogP contribution in [-0.2, 0) is 12.8 Å². The van der Waals surface area contributed by atoms with Crippen molar-refractivity contribution >= 4 is 36.0 Å². The number of aryl methyl sites for hydroxylation is 2. The largest absolute Gasteiger partial charge is 0.489 e. The Labute approximate surface area is 223 Å². The first-order valence-corrected chi connectivity index (χ1v) is 14.2. The van der Waals surface area contributed by atoms with Crippen LogP contribution in [0.1, 0.15) is 29.2 Å². The molecular weight excluding hydrogens is 508 g/mol. The molecule has 0 amide bonds. The standard InChI is InChI=1S/C25H26N8O2S2/c1-36-24-30-28-22-12-7-13-23-29-31-25(37-2)33(23)27-17-19-9-4-6-11-21(19)35-15-14-34-20-10-5-3-8-18(20)16-26-32(22)24/h3-6,8-11,16-17H,7,12-15H2,1-2H3/b26-16-,27-17-. The lowest BCUT2D eigenvalue weighted by atomic mass is 10.2. The molecule has 37 heavy (non-hydrogen) atoms. The minimum atomic E-state index is 0.372. The highest BCUT2D eigenvalue weighted by molar-refractivity contribution is 7.98. The van der Waals surface area contributed by atoms with E-state index in [0.717, 1.165) is 51.0 Å². The fourth-order valence-corrected chi connectivity index (χ4v) is 4.67. The minimum absolute atomic E-state index is 0.372. The zero-order valence-corrected chi connectivity index (χ0v) is 22.2. The van der Waals surface area contributed by atoms with Gasteiger partial charge in [-0.2, -0.15) is 19.6 Å². The molecule has 0 atom stereocenters. The fraction of sp³-hybridized carbons (Fsp3) is 0.280. The van der Waals surface area contributed by atoms with Crippen LogP contribution in [-0.4, -0.2) is 67.9 Å². The normalized spacial score (nSPS) is 15.8. The van der Waals surface area contributed by atoms with E-state index in [0.29, 0.717) is 26.1 Å². The van der Waals surface area contributed by atoms with E-state index in [9.17, 15) is 0 Å². The van der Waals surface area contributed by atoms with E-state index in [2.05, 4.69) is 20.4 Å². The first kappa shape index (κ1) is 25.0. The molecule has 0 aliphatic carbocycles. The van der Waals surface area contributed by atoms with Gasteiger partial charge in [-0.15, -0.1) is 20.4 Å². The van der Waals surface area contributed by atoms with Crippen molar-refractivity contribution in [2.24, 2.45) is 10.2 Å². The van der Waals surface area contributed by atoms with Gasteiger partial charge in [-0.1, -0.05) is 47.8 Å². The maximum Gasteiger partial charge on any atom is 0.211 e.